The molecular formula is C17H22N2O. The molecule has 106 valence electrons. The molecule has 1 aromatic carbocycles. The minimum Gasteiger partial charge on any atom is -0.380 e. The molecule has 3 heteroatoms. The summed E-state index contributed by atoms with van der Waals surface area (Å²) < 4.78 is 5.62. The first-order chi connectivity index (χ1) is 9.95. The van der Waals surface area contributed by atoms with Crippen LogP contribution in [-0.2, 0) is 17.7 Å². The molecule has 0 aliphatic rings. The van der Waals surface area contributed by atoms with Crippen LogP contribution in [0.5, 0.6) is 0 Å². The van der Waals surface area contributed by atoms with Gasteiger partial charge in [0.1, 0.15) is 0 Å². The lowest BCUT2D eigenvalue weighted by Gasteiger charge is -2.06. The molecule has 0 unspecified atom stereocenters. The fourth-order valence-corrected chi connectivity index (χ4v) is 2.00. The summed E-state index contributed by atoms with van der Waals surface area (Å²) in [5, 5.41) is 3.35. The molecule has 1 heterocycles. The third kappa shape index (κ3) is 5.95. The second-order valence-corrected chi connectivity index (χ2v) is 4.74. The van der Waals surface area contributed by atoms with E-state index < -0.39 is 0 Å². The summed E-state index contributed by atoms with van der Waals surface area (Å²) in [7, 11) is 0. The Morgan fingerprint density at radius 1 is 0.950 bits per heavy atom. The van der Waals surface area contributed by atoms with E-state index >= 15 is 0 Å². The lowest BCUT2D eigenvalue weighted by molar-refractivity contribution is 0.133. The SMILES string of the molecule is c1ccc(CCCOCCNCc2cccnc2)cc1. The van der Waals surface area contributed by atoms with E-state index in [1.165, 1.54) is 11.1 Å². The molecule has 0 saturated heterocycles. The van der Waals surface area contributed by atoms with Gasteiger partial charge in [-0.05, 0) is 30.0 Å². The van der Waals surface area contributed by atoms with Crippen LogP contribution < -0.4 is 5.32 Å². The van der Waals surface area contributed by atoms with Gasteiger partial charge >= 0.3 is 0 Å². The minimum absolute atomic E-state index is 0.759. The molecule has 0 aliphatic heterocycles. The average Bonchev–Trinajstić information content (AvgIpc) is 2.52. The number of pyridine rings is 1. The van der Waals surface area contributed by atoms with Gasteiger partial charge in [0.25, 0.3) is 0 Å². The highest BCUT2D eigenvalue weighted by molar-refractivity contribution is 5.14. The van der Waals surface area contributed by atoms with E-state index in [2.05, 4.69) is 40.6 Å². The number of rotatable bonds is 9. The van der Waals surface area contributed by atoms with E-state index in [1.54, 1.807) is 6.20 Å². The van der Waals surface area contributed by atoms with Gasteiger partial charge in [0.2, 0.25) is 0 Å². The van der Waals surface area contributed by atoms with Gasteiger partial charge in [-0.3, -0.25) is 4.98 Å². The van der Waals surface area contributed by atoms with E-state index in [0.29, 0.717) is 0 Å². The standard InChI is InChI=1S/C17H22N2O/c1-2-6-16(7-3-1)9-5-12-20-13-11-19-15-17-8-4-10-18-14-17/h1-4,6-8,10,14,19H,5,9,11-13,15H2. The van der Waals surface area contributed by atoms with E-state index in [1.807, 2.05) is 18.3 Å². The summed E-state index contributed by atoms with van der Waals surface area (Å²) >= 11 is 0. The molecule has 0 aliphatic carbocycles. The van der Waals surface area contributed by atoms with Crippen LogP contribution in [0.25, 0.3) is 0 Å². The number of aryl methyl sites for hydroxylation is 1. The van der Waals surface area contributed by atoms with Crippen LogP contribution in [0.3, 0.4) is 0 Å². The van der Waals surface area contributed by atoms with Crippen molar-refractivity contribution in [3.05, 3.63) is 66.0 Å². The first kappa shape index (κ1) is 14.7. The third-order valence-electron chi connectivity index (χ3n) is 3.07. The molecule has 1 aromatic heterocycles. The highest BCUT2D eigenvalue weighted by Gasteiger charge is 1.94. The number of benzene rings is 1. The quantitative estimate of drug-likeness (QED) is 0.711. The third-order valence-corrected chi connectivity index (χ3v) is 3.07. The van der Waals surface area contributed by atoms with Crippen LogP contribution in [0, 0.1) is 0 Å². The summed E-state index contributed by atoms with van der Waals surface area (Å²) in [6.45, 7) is 3.31. The largest absolute Gasteiger partial charge is 0.380 e. The van der Waals surface area contributed by atoms with Gasteiger partial charge in [-0.1, -0.05) is 36.4 Å². The summed E-state index contributed by atoms with van der Waals surface area (Å²) in [4.78, 5) is 4.08. The molecule has 0 atom stereocenters. The molecule has 2 rings (SSSR count). The monoisotopic (exact) mass is 270 g/mol. The van der Waals surface area contributed by atoms with E-state index in [-0.39, 0.29) is 0 Å². The highest BCUT2D eigenvalue weighted by Crippen LogP contribution is 2.02. The summed E-state index contributed by atoms with van der Waals surface area (Å²) in [6, 6.07) is 14.6. The maximum absolute atomic E-state index is 5.62. The first-order valence-electron chi connectivity index (χ1n) is 7.16. The Morgan fingerprint density at radius 2 is 1.80 bits per heavy atom. The zero-order valence-electron chi connectivity index (χ0n) is 11.8. The zero-order chi connectivity index (χ0) is 13.9. The van der Waals surface area contributed by atoms with Crippen LogP contribution in [0.1, 0.15) is 17.5 Å². The second kappa shape index (κ2) is 9.23. The molecule has 20 heavy (non-hydrogen) atoms. The van der Waals surface area contributed by atoms with Gasteiger partial charge in [-0.2, -0.15) is 0 Å². The molecule has 0 bridgehead atoms. The predicted molar refractivity (Wildman–Crippen MR) is 81.5 cm³/mol. The lowest BCUT2D eigenvalue weighted by Crippen LogP contribution is -2.19. The second-order valence-electron chi connectivity index (χ2n) is 4.74. The topological polar surface area (TPSA) is 34.1 Å². The van der Waals surface area contributed by atoms with Gasteiger partial charge in [0, 0.05) is 32.1 Å². The van der Waals surface area contributed by atoms with Crippen LogP contribution in [0.15, 0.2) is 54.9 Å². The van der Waals surface area contributed by atoms with Crippen LogP contribution in [-0.4, -0.2) is 24.7 Å². The Balaban J connectivity index is 1.44. The fourth-order valence-electron chi connectivity index (χ4n) is 2.00. The van der Waals surface area contributed by atoms with E-state index in [4.69, 9.17) is 4.74 Å². The number of hydrogen-bond donors (Lipinski definition) is 1. The average molecular weight is 270 g/mol. The molecule has 0 saturated carbocycles. The van der Waals surface area contributed by atoms with Crippen molar-refractivity contribution in [3.63, 3.8) is 0 Å². The smallest absolute Gasteiger partial charge is 0.0591 e. The molecule has 0 amide bonds. The lowest BCUT2D eigenvalue weighted by atomic mass is 10.1. The van der Waals surface area contributed by atoms with Gasteiger partial charge in [0.05, 0.1) is 6.61 Å². The Morgan fingerprint density at radius 3 is 2.60 bits per heavy atom. The maximum atomic E-state index is 5.62. The number of ether oxygens (including phenoxy) is 1. The summed E-state index contributed by atoms with van der Waals surface area (Å²) in [5.41, 5.74) is 2.59. The van der Waals surface area contributed by atoms with Crippen LogP contribution >= 0.6 is 0 Å². The van der Waals surface area contributed by atoms with Crippen molar-refractivity contribution in [2.24, 2.45) is 0 Å². The predicted octanol–water partition coefficient (Wildman–Crippen LogP) is 2.82. The van der Waals surface area contributed by atoms with Crippen molar-refractivity contribution in [1.82, 2.24) is 10.3 Å². The van der Waals surface area contributed by atoms with Gasteiger partial charge < -0.3 is 10.1 Å². The van der Waals surface area contributed by atoms with E-state index in [0.717, 1.165) is 39.1 Å². The van der Waals surface area contributed by atoms with Crippen molar-refractivity contribution in [2.75, 3.05) is 19.8 Å². The van der Waals surface area contributed by atoms with Gasteiger partial charge in [-0.15, -0.1) is 0 Å². The molecule has 3 nitrogen and oxygen atoms in total. The Hall–Kier alpha value is -1.71. The van der Waals surface area contributed by atoms with Crippen LogP contribution in [0.4, 0.5) is 0 Å². The van der Waals surface area contributed by atoms with E-state index in [9.17, 15) is 0 Å². The molecule has 2 aromatic rings. The minimum atomic E-state index is 0.759. The number of nitrogens with one attached hydrogen (secondary N) is 1. The summed E-state index contributed by atoms with van der Waals surface area (Å²) in [5.74, 6) is 0. The molecule has 0 spiro atoms. The van der Waals surface area contributed by atoms with Crippen molar-refractivity contribution in [2.45, 2.75) is 19.4 Å². The summed E-state index contributed by atoms with van der Waals surface area (Å²) in [6.07, 6.45) is 5.84. The number of hydrogen-bond acceptors (Lipinski definition) is 3. The normalized spacial score (nSPS) is 10.6. The number of aromatic nitrogens is 1. The molecule has 0 radical (unpaired) electrons. The molecule has 1 N–H and O–H groups in total. The Labute approximate surface area is 121 Å². The highest BCUT2D eigenvalue weighted by atomic mass is 16.5. The first-order valence-corrected chi connectivity index (χ1v) is 7.16. The zero-order valence-corrected chi connectivity index (χ0v) is 11.8. The van der Waals surface area contributed by atoms with Crippen molar-refractivity contribution >= 4 is 0 Å². The maximum Gasteiger partial charge on any atom is 0.0591 e. The van der Waals surface area contributed by atoms with Gasteiger partial charge in [0.15, 0.2) is 0 Å². The van der Waals surface area contributed by atoms with Crippen molar-refractivity contribution < 1.29 is 4.74 Å². The number of nitrogens with zero attached hydrogens (tertiary/aromatic N) is 1. The van der Waals surface area contributed by atoms with Crippen LogP contribution in [0.2, 0.25) is 0 Å². The Bertz CT molecular complexity index is 413. The fraction of sp³-hybridized carbons (Fsp3) is 0.353. The molecular weight excluding hydrogens is 248 g/mol. The van der Waals surface area contributed by atoms with Crippen molar-refractivity contribution in [3.8, 4) is 0 Å². The molecule has 0 fully saturated rings. The Kier molecular flexibility index (Phi) is 6.78. The van der Waals surface area contributed by atoms with Crippen molar-refractivity contribution in [1.29, 1.82) is 0 Å². The van der Waals surface area contributed by atoms with Gasteiger partial charge in [-0.25, -0.2) is 0 Å².